The lowest BCUT2D eigenvalue weighted by Crippen LogP contribution is -2.23. The monoisotopic (exact) mass is 267 g/mol. The van der Waals surface area contributed by atoms with Gasteiger partial charge in [0.25, 0.3) is 0 Å². The molecule has 0 bridgehead atoms. The first-order chi connectivity index (χ1) is 8.66. The smallest absolute Gasteiger partial charge is 0.210 e. The van der Waals surface area contributed by atoms with Crippen molar-refractivity contribution in [2.75, 3.05) is 18.9 Å². The number of anilines is 1. The SMILES string of the molecule is CC1(c2csc(Cn3ncc(N)n3)n2)OCCO1. The first-order valence-corrected chi connectivity index (χ1v) is 6.42. The molecule has 2 aromatic rings. The van der Waals surface area contributed by atoms with Crippen LogP contribution >= 0.6 is 11.3 Å². The van der Waals surface area contributed by atoms with Gasteiger partial charge < -0.3 is 15.2 Å². The molecule has 2 N–H and O–H groups in total. The summed E-state index contributed by atoms with van der Waals surface area (Å²) >= 11 is 1.53. The predicted molar refractivity (Wildman–Crippen MR) is 64.9 cm³/mol. The Kier molecular flexibility index (Phi) is 2.77. The Morgan fingerprint density at radius 3 is 2.94 bits per heavy atom. The number of rotatable bonds is 3. The molecule has 0 radical (unpaired) electrons. The van der Waals surface area contributed by atoms with E-state index in [1.807, 2.05) is 12.3 Å². The summed E-state index contributed by atoms with van der Waals surface area (Å²) in [6, 6.07) is 0. The van der Waals surface area contributed by atoms with Crippen LogP contribution in [0.5, 0.6) is 0 Å². The number of thiazole rings is 1. The summed E-state index contributed by atoms with van der Waals surface area (Å²) in [6.07, 6.45) is 1.51. The highest BCUT2D eigenvalue weighted by molar-refractivity contribution is 7.09. The molecule has 1 saturated heterocycles. The Morgan fingerprint density at radius 1 is 1.50 bits per heavy atom. The summed E-state index contributed by atoms with van der Waals surface area (Å²) in [5.74, 6) is -0.313. The molecule has 0 aromatic carbocycles. The first-order valence-electron chi connectivity index (χ1n) is 5.54. The zero-order chi connectivity index (χ0) is 12.6. The Hall–Kier alpha value is -1.51. The van der Waals surface area contributed by atoms with E-state index in [9.17, 15) is 0 Å². The molecule has 1 aliphatic heterocycles. The van der Waals surface area contributed by atoms with Crippen LogP contribution < -0.4 is 5.73 Å². The standard InChI is InChI=1S/C10H13N5O2S/c1-10(16-2-3-17-10)7-6-18-9(13-7)5-15-12-4-8(11)14-15/h4,6H,2-3,5H2,1H3,(H2,11,14). The Labute approximate surface area is 108 Å². The Morgan fingerprint density at radius 2 is 2.28 bits per heavy atom. The van der Waals surface area contributed by atoms with Crippen LogP contribution in [0.2, 0.25) is 0 Å². The molecule has 1 aliphatic rings. The quantitative estimate of drug-likeness (QED) is 0.875. The second-order valence-corrected chi connectivity index (χ2v) is 5.01. The zero-order valence-electron chi connectivity index (χ0n) is 9.87. The third kappa shape index (κ3) is 2.09. The number of ether oxygens (including phenoxy) is 2. The van der Waals surface area contributed by atoms with E-state index in [2.05, 4.69) is 15.2 Å². The maximum Gasteiger partial charge on any atom is 0.210 e. The van der Waals surface area contributed by atoms with Crippen molar-refractivity contribution < 1.29 is 9.47 Å². The zero-order valence-corrected chi connectivity index (χ0v) is 10.7. The van der Waals surface area contributed by atoms with Crippen molar-refractivity contribution in [1.82, 2.24) is 20.0 Å². The highest BCUT2D eigenvalue weighted by Crippen LogP contribution is 2.31. The summed E-state index contributed by atoms with van der Waals surface area (Å²) < 4.78 is 11.1. The molecular weight excluding hydrogens is 254 g/mol. The number of hydrogen-bond acceptors (Lipinski definition) is 7. The van der Waals surface area contributed by atoms with Crippen molar-refractivity contribution in [2.45, 2.75) is 19.3 Å². The fourth-order valence-corrected chi connectivity index (χ4v) is 2.62. The minimum atomic E-state index is -0.717. The molecule has 0 unspecified atom stereocenters. The van der Waals surface area contributed by atoms with Gasteiger partial charge in [-0.05, 0) is 6.92 Å². The molecule has 2 aromatic heterocycles. The third-order valence-corrected chi connectivity index (χ3v) is 3.52. The molecule has 0 aliphatic carbocycles. The maximum atomic E-state index is 5.56. The Balaban J connectivity index is 1.77. The topological polar surface area (TPSA) is 88.1 Å². The van der Waals surface area contributed by atoms with Gasteiger partial charge in [0.2, 0.25) is 5.79 Å². The van der Waals surface area contributed by atoms with E-state index in [1.54, 1.807) is 0 Å². The molecule has 0 saturated carbocycles. The molecule has 3 rings (SSSR count). The van der Waals surface area contributed by atoms with Gasteiger partial charge >= 0.3 is 0 Å². The van der Waals surface area contributed by atoms with Gasteiger partial charge in [0.05, 0.1) is 19.4 Å². The first kappa shape index (κ1) is 11.6. The third-order valence-electron chi connectivity index (χ3n) is 2.69. The van der Waals surface area contributed by atoms with Gasteiger partial charge in [0, 0.05) is 5.38 Å². The maximum absolute atomic E-state index is 5.56. The number of nitrogen functional groups attached to an aromatic ring is 1. The highest BCUT2D eigenvalue weighted by atomic mass is 32.1. The summed E-state index contributed by atoms with van der Waals surface area (Å²) in [5, 5.41) is 10.9. The van der Waals surface area contributed by atoms with E-state index < -0.39 is 5.79 Å². The van der Waals surface area contributed by atoms with Gasteiger partial charge in [-0.2, -0.15) is 9.90 Å². The molecule has 3 heterocycles. The minimum Gasteiger partial charge on any atom is -0.381 e. The molecule has 7 nitrogen and oxygen atoms in total. The van der Waals surface area contributed by atoms with Crippen molar-refractivity contribution in [2.24, 2.45) is 0 Å². The average molecular weight is 267 g/mol. The van der Waals surface area contributed by atoms with E-state index in [0.29, 0.717) is 25.6 Å². The molecule has 18 heavy (non-hydrogen) atoms. The van der Waals surface area contributed by atoms with E-state index in [1.165, 1.54) is 22.3 Å². The van der Waals surface area contributed by atoms with Crippen molar-refractivity contribution in [3.63, 3.8) is 0 Å². The van der Waals surface area contributed by atoms with E-state index in [0.717, 1.165) is 10.7 Å². The predicted octanol–water partition coefficient (Wildman–Crippen LogP) is 0.585. The van der Waals surface area contributed by atoms with Gasteiger partial charge in [-0.25, -0.2) is 4.98 Å². The fraction of sp³-hybridized carbons (Fsp3) is 0.500. The summed E-state index contributed by atoms with van der Waals surface area (Å²) in [6.45, 7) is 3.57. The lowest BCUT2D eigenvalue weighted by molar-refractivity contribution is -0.152. The van der Waals surface area contributed by atoms with Gasteiger partial charge in [0.15, 0.2) is 5.82 Å². The second-order valence-electron chi connectivity index (χ2n) is 4.07. The second kappa shape index (κ2) is 4.30. The van der Waals surface area contributed by atoms with Gasteiger partial charge in [0.1, 0.15) is 17.2 Å². The number of aromatic nitrogens is 4. The van der Waals surface area contributed by atoms with Crippen LogP contribution in [0.3, 0.4) is 0 Å². The van der Waals surface area contributed by atoms with Crippen LogP contribution in [0.4, 0.5) is 5.82 Å². The normalized spacial score (nSPS) is 18.3. The van der Waals surface area contributed by atoms with E-state index in [4.69, 9.17) is 15.2 Å². The van der Waals surface area contributed by atoms with Gasteiger partial charge in [-0.3, -0.25) is 0 Å². The van der Waals surface area contributed by atoms with Crippen LogP contribution in [0.15, 0.2) is 11.6 Å². The average Bonchev–Trinajstić information content (AvgIpc) is 3.02. The van der Waals surface area contributed by atoms with Crippen molar-refractivity contribution >= 4 is 17.2 Å². The minimum absolute atomic E-state index is 0.404. The number of hydrogen-bond donors (Lipinski definition) is 1. The lowest BCUT2D eigenvalue weighted by Gasteiger charge is -2.19. The molecular formula is C10H13N5O2S. The van der Waals surface area contributed by atoms with Crippen molar-refractivity contribution in [3.05, 3.63) is 22.3 Å². The molecule has 8 heteroatoms. The summed E-state index contributed by atoms with van der Waals surface area (Å²) in [7, 11) is 0. The highest BCUT2D eigenvalue weighted by Gasteiger charge is 2.35. The Bertz CT molecular complexity index is 546. The summed E-state index contributed by atoms with van der Waals surface area (Å²) in [4.78, 5) is 6.01. The van der Waals surface area contributed by atoms with Gasteiger partial charge in [-0.1, -0.05) is 0 Å². The number of nitrogens with two attached hydrogens (primary N) is 1. The molecule has 0 amide bonds. The van der Waals surface area contributed by atoms with Crippen LogP contribution in [0.25, 0.3) is 0 Å². The van der Waals surface area contributed by atoms with Crippen LogP contribution in [0.1, 0.15) is 17.6 Å². The molecule has 0 spiro atoms. The molecule has 96 valence electrons. The molecule has 0 atom stereocenters. The van der Waals surface area contributed by atoms with Crippen molar-refractivity contribution in [3.8, 4) is 0 Å². The lowest BCUT2D eigenvalue weighted by atomic mass is 10.2. The van der Waals surface area contributed by atoms with Gasteiger partial charge in [-0.15, -0.1) is 16.4 Å². The van der Waals surface area contributed by atoms with E-state index in [-0.39, 0.29) is 0 Å². The number of nitrogens with zero attached hydrogens (tertiary/aromatic N) is 4. The van der Waals surface area contributed by atoms with E-state index >= 15 is 0 Å². The van der Waals surface area contributed by atoms with Crippen molar-refractivity contribution in [1.29, 1.82) is 0 Å². The van der Waals surface area contributed by atoms with Crippen LogP contribution in [-0.4, -0.2) is 33.2 Å². The largest absolute Gasteiger partial charge is 0.381 e. The fourth-order valence-electron chi connectivity index (χ4n) is 1.76. The van der Waals surface area contributed by atoms with Crippen LogP contribution in [-0.2, 0) is 21.8 Å². The molecule has 1 fully saturated rings. The van der Waals surface area contributed by atoms with Crippen LogP contribution in [0, 0.1) is 0 Å². The summed E-state index contributed by atoms with van der Waals surface area (Å²) in [5.41, 5.74) is 6.30.